The molecule has 1 aliphatic rings. The van der Waals surface area contributed by atoms with E-state index < -0.39 is 22.1 Å². The SMILES string of the molecule is CN(C)S(=O)(=O)C[C@@H]1CN(Cc2ccccc2C(=O)O)C[C@H]1O. The monoisotopic (exact) mass is 342 g/mol. The molecule has 0 unspecified atom stereocenters. The molecule has 2 N–H and O–H groups in total. The third-order valence-electron chi connectivity index (χ3n) is 4.10. The predicted octanol–water partition coefficient (Wildman–Crippen LogP) is 0.0689. The Labute approximate surface area is 136 Å². The number of aliphatic hydroxyl groups excluding tert-OH is 1. The van der Waals surface area contributed by atoms with E-state index in [0.29, 0.717) is 25.2 Å². The van der Waals surface area contributed by atoms with Crippen LogP contribution in [0.3, 0.4) is 0 Å². The van der Waals surface area contributed by atoms with Gasteiger partial charge in [0, 0.05) is 39.6 Å². The van der Waals surface area contributed by atoms with Crippen molar-refractivity contribution in [3.05, 3.63) is 35.4 Å². The van der Waals surface area contributed by atoms with Crippen molar-refractivity contribution in [1.82, 2.24) is 9.21 Å². The summed E-state index contributed by atoms with van der Waals surface area (Å²) in [5.41, 5.74) is 0.884. The summed E-state index contributed by atoms with van der Waals surface area (Å²) >= 11 is 0. The molecule has 2 rings (SSSR count). The fourth-order valence-electron chi connectivity index (χ4n) is 2.76. The van der Waals surface area contributed by atoms with Gasteiger partial charge in [0.1, 0.15) is 0 Å². The standard InChI is InChI=1S/C15H22N2O5S/c1-16(2)23(21,22)10-12-8-17(9-14(12)18)7-11-5-3-4-6-13(11)15(19)20/h3-6,12,14,18H,7-10H2,1-2H3,(H,19,20)/t12-,14+/m0/s1. The second kappa shape index (κ2) is 6.96. The largest absolute Gasteiger partial charge is 0.478 e. The van der Waals surface area contributed by atoms with Crippen molar-refractivity contribution in [1.29, 1.82) is 0 Å². The number of aromatic carboxylic acids is 1. The first-order valence-electron chi connectivity index (χ1n) is 7.32. The van der Waals surface area contributed by atoms with E-state index in [2.05, 4.69) is 0 Å². The van der Waals surface area contributed by atoms with Crippen molar-refractivity contribution >= 4 is 16.0 Å². The molecule has 7 nitrogen and oxygen atoms in total. The second-order valence-corrected chi connectivity index (χ2v) is 8.27. The molecule has 1 aliphatic heterocycles. The lowest BCUT2D eigenvalue weighted by Gasteiger charge is -2.18. The first-order valence-corrected chi connectivity index (χ1v) is 8.93. The molecule has 8 heteroatoms. The van der Waals surface area contributed by atoms with Crippen molar-refractivity contribution in [3.63, 3.8) is 0 Å². The maximum Gasteiger partial charge on any atom is 0.336 e. The first-order chi connectivity index (χ1) is 10.7. The number of hydrogen-bond acceptors (Lipinski definition) is 5. The molecular formula is C15H22N2O5S. The minimum absolute atomic E-state index is 0.113. The van der Waals surface area contributed by atoms with E-state index in [9.17, 15) is 23.4 Å². The number of rotatable bonds is 6. The normalized spacial score (nSPS) is 22.6. The molecule has 1 fully saturated rings. The van der Waals surface area contributed by atoms with Crippen LogP contribution in [0.25, 0.3) is 0 Å². The number of likely N-dealkylation sites (tertiary alicyclic amines) is 1. The zero-order valence-electron chi connectivity index (χ0n) is 13.2. The van der Waals surface area contributed by atoms with E-state index in [1.165, 1.54) is 20.2 Å². The molecule has 1 aromatic rings. The van der Waals surface area contributed by atoms with Gasteiger partial charge >= 0.3 is 5.97 Å². The first kappa shape index (κ1) is 17.9. The zero-order valence-corrected chi connectivity index (χ0v) is 14.0. The highest BCUT2D eigenvalue weighted by Crippen LogP contribution is 2.22. The average Bonchev–Trinajstić information content (AvgIpc) is 2.78. The summed E-state index contributed by atoms with van der Waals surface area (Å²) in [7, 11) is -0.440. The summed E-state index contributed by atoms with van der Waals surface area (Å²) in [5.74, 6) is -1.48. The maximum atomic E-state index is 12.0. The van der Waals surface area contributed by atoms with E-state index in [4.69, 9.17) is 0 Å². The number of nitrogens with zero attached hydrogens (tertiary/aromatic N) is 2. The van der Waals surface area contributed by atoms with Gasteiger partial charge in [-0.25, -0.2) is 17.5 Å². The van der Waals surface area contributed by atoms with Crippen LogP contribution >= 0.6 is 0 Å². The summed E-state index contributed by atoms with van der Waals surface area (Å²) in [6.07, 6.45) is -0.735. The van der Waals surface area contributed by atoms with Gasteiger partial charge in [-0.1, -0.05) is 18.2 Å². The maximum absolute atomic E-state index is 12.0. The van der Waals surface area contributed by atoms with E-state index >= 15 is 0 Å². The molecule has 0 saturated carbocycles. The molecule has 0 aromatic heterocycles. The van der Waals surface area contributed by atoms with Gasteiger partial charge in [-0.15, -0.1) is 0 Å². The number of β-amino-alcohol motifs (C(OH)–C–C–N with tert-alkyl or cyclic N) is 1. The van der Waals surface area contributed by atoms with Crippen molar-refractivity contribution in [2.75, 3.05) is 32.9 Å². The molecule has 0 spiro atoms. The summed E-state index contributed by atoms with van der Waals surface area (Å²) in [6.45, 7) is 1.13. The van der Waals surface area contributed by atoms with Crippen molar-refractivity contribution in [3.8, 4) is 0 Å². The number of carboxylic acids is 1. The van der Waals surface area contributed by atoms with E-state index in [0.717, 1.165) is 4.31 Å². The third kappa shape index (κ3) is 4.29. The molecule has 0 radical (unpaired) electrons. The van der Waals surface area contributed by atoms with Gasteiger partial charge in [0.25, 0.3) is 0 Å². The smallest absolute Gasteiger partial charge is 0.336 e. The van der Waals surface area contributed by atoms with Crippen molar-refractivity contribution < 1.29 is 23.4 Å². The van der Waals surface area contributed by atoms with Crippen LogP contribution in [0.2, 0.25) is 0 Å². The average molecular weight is 342 g/mol. The molecule has 1 saturated heterocycles. The Morgan fingerprint density at radius 1 is 1.30 bits per heavy atom. The molecule has 0 bridgehead atoms. The minimum Gasteiger partial charge on any atom is -0.478 e. The van der Waals surface area contributed by atoms with Crippen LogP contribution in [0.1, 0.15) is 15.9 Å². The fourth-order valence-corrected chi connectivity index (χ4v) is 3.93. The van der Waals surface area contributed by atoms with Crippen LogP contribution in [0.4, 0.5) is 0 Å². The summed E-state index contributed by atoms with van der Waals surface area (Å²) in [5, 5.41) is 19.3. The number of carboxylic acid groups (broad SMARTS) is 1. The Kier molecular flexibility index (Phi) is 5.41. The number of carbonyl (C=O) groups is 1. The van der Waals surface area contributed by atoms with Crippen LogP contribution in [0.15, 0.2) is 24.3 Å². The van der Waals surface area contributed by atoms with Crippen molar-refractivity contribution in [2.45, 2.75) is 12.6 Å². The molecule has 1 aromatic carbocycles. The quantitative estimate of drug-likeness (QED) is 0.759. The Hall–Kier alpha value is -1.48. The van der Waals surface area contributed by atoms with Crippen LogP contribution in [0.5, 0.6) is 0 Å². The molecule has 0 aliphatic carbocycles. The summed E-state index contributed by atoms with van der Waals surface area (Å²) in [4.78, 5) is 13.1. The predicted molar refractivity (Wildman–Crippen MR) is 85.6 cm³/mol. The van der Waals surface area contributed by atoms with Crippen LogP contribution in [0, 0.1) is 5.92 Å². The third-order valence-corrected chi connectivity index (χ3v) is 6.07. The Balaban J connectivity index is 2.06. The van der Waals surface area contributed by atoms with Gasteiger partial charge in [0.2, 0.25) is 10.0 Å². The van der Waals surface area contributed by atoms with Gasteiger partial charge < -0.3 is 10.2 Å². The zero-order chi connectivity index (χ0) is 17.2. The highest BCUT2D eigenvalue weighted by atomic mass is 32.2. The summed E-state index contributed by atoms with van der Waals surface area (Å²) in [6, 6.07) is 6.71. The lowest BCUT2D eigenvalue weighted by atomic mass is 10.1. The van der Waals surface area contributed by atoms with Crippen LogP contribution < -0.4 is 0 Å². The van der Waals surface area contributed by atoms with E-state index in [-0.39, 0.29) is 17.2 Å². The van der Waals surface area contributed by atoms with E-state index in [1.54, 1.807) is 18.2 Å². The number of aliphatic hydroxyl groups is 1. The van der Waals surface area contributed by atoms with Gasteiger partial charge in [0.05, 0.1) is 17.4 Å². The summed E-state index contributed by atoms with van der Waals surface area (Å²) < 4.78 is 25.1. The number of hydrogen-bond donors (Lipinski definition) is 2. The van der Waals surface area contributed by atoms with Crippen LogP contribution in [-0.2, 0) is 16.6 Å². The van der Waals surface area contributed by atoms with E-state index in [1.807, 2.05) is 4.90 Å². The highest BCUT2D eigenvalue weighted by Gasteiger charge is 2.35. The highest BCUT2D eigenvalue weighted by molar-refractivity contribution is 7.89. The lowest BCUT2D eigenvalue weighted by Crippen LogP contribution is -2.33. The molecule has 23 heavy (non-hydrogen) atoms. The Morgan fingerprint density at radius 2 is 1.96 bits per heavy atom. The van der Waals surface area contributed by atoms with Gasteiger partial charge in [0.15, 0.2) is 0 Å². The molecule has 2 atom stereocenters. The molecule has 0 amide bonds. The molecular weight excluding hydrogens is 320 g/mol. The van der Waals surface area contributed by atoms with Crippen molar-refractivity contribution in [2.24, 2.45) is 5.92 Å². The minimum atomic E-state index is -3.38. The van der Waals surface area contributed by atoms with Gasteiger partial charge in [-0.05, 0) is 11.6 Å². The topological polar surface area (TPSA) is 98.2 Å². The second-order valence-electron chi connectivity index (χ2n) is 6.04. The van der Waals surface area contributed by atoms with Gasteiger partial charge in [-0.2, -0.15) is 0 Å². The molecule has 1 heterocycles. The Morgan fingerprint density at radius 3 is 2.57 bits per heavy atom. The van der Waals surface area contributed by atoms with Crippen LogP contribution in [-0.4, -0.2) is 72.8 Å². The molecule has 128 valence electrons. The Bertz CT molecular complexity index is 674. The lowest BCUT2D eigenvalue weighted by molar-refractivity contribution is 0.0694. The fraction of sp³-hybridized carbons (Fsp3) is 0.533. The number of sulfonamides is 1. The number of benzene rings is 1. The van der Waals surface area contributed by atoms with Gasteiger partial charge in [-0.3, -0.25) is 4.90 Å².